The number of hydrogen-bond donors (Lipinski definition) is 1. The minimum Gasteiger partial charge on any atom is -0.422 e. The van der Waals surface area contributed by atoms with Crippen LogP contribution in [0, 0.1) is 11.6 Å². The van der Waals surface area contributed by atoms with Crippen molar-refractivity contribution in [2.75, 3.05) is 0 Å². The zero-order chi connectivity index (χ0) is 17.5. The molecule has 0 saturated carbocycles. The zero-order valence-electron chi connectivity index (χ0n) is 11.8. The molecule has 1 aromatic heterocycles. The maximum Gasteiger partial charge on any atom is 0.380 e. The van der Waals surface area contributed by atoms with Crippen LogP contribution in [0.1, 0.15) is 0 Å². The highest BCUT2D eigenvalue weighted by Crippen LogP contribution is 2.25. The molecule has 0 fully saturated rings. The summed E-state index contributed by atoms with van der Waals surface area (Å²) < 4.78 is 57.7. The molecule has 24 heavy (non-hydrogen) atoms. The zero-order valence-corrected chi connectivity index (χ0v) is 12.6. The Kier molecular flexibility index (Phi) is 3.82. The van der Waals surface area contributed by atoms with Gasteiger partial charge in [0, 0.05) is 11.5 Å². The van der Waals surface area contributed by atoms with Crippen molar-refractivity contribution in [3.05, 3.63) is 64.5 Å². The summed E-state index contributed by atoms with van der Waals surface area (Å²) in [6.45, 7) is 0. The van der Waals surface area contributed by atoms with Gasteiger partial charge in [-0.05, 0) is 35.9 Å². The molecule has 3 aromatic rings. The molecule has 0 saturated heterocycles. The summed E-state index contributed by atoms with van der Waals surface area (Å²) in [4.78, 5) is 12.1. The van der Waals surface area contributed by atoms with Gasteiger partial charge in [0.15, 0.2) is 11.6 Å². The van der Waals surface area contributed by atoms with Gasteiger partial charge in [0.1, 0.15) is 11.3 Å². The van der Waals surface area contributed by atoms with E-state index >= 15 is 0 Å². The third kappa shape index (κ3) is 3.26. The van der Waals surface area contributed by atoms with Gasteiger partial charge in [0.2, 0.25) is 0 Å². The number of fused-ring (bicyclic) bond motifs is 1. The van der Waals surface area contributed by atoms with Gasteiger partial charge in [-0.3, -0.25) is 0 Å². The highest BCUT2D eigenvalue weighted by molar-refractivity contribution is 7.84. The van der Waals surface area contributed by atoms with Gasteiger partial charge in [0.25, 0.3) is 0 Å². The molecule has 0 aliphatic rings. The SMILES string of the molecule is NS(=O)(=O)Oc1ccc2cc(-c3ccc(F)c(F)c3)c(=O)oc2c1. The van der Waals surface area contributed by atoms with Crippen LogP contribution >= 0.6 is 0 Å². The molecule has 0 aliphatic heterocycles. The Morgan fingerprint density at radius 2 is 1.75 bits per heavy atom. The second-order valence-corrected chi connectivity index (χ2v) is 6.00. The molecule has 0 atom stereocenters. The Balaban J connectivity index is 2.12. The number of hydrogen-bond acceptors (Lipinski definition) is 5. The van der Waals surface area contributed by atoms with E-state index < -0.39 is 27.6 Å². The summed E-state index contributed by atoms with van der Waals surface area (Å²) in [6.07, 6.45) is 0. The maximum absolute atomic E-state index is 13.3. The third-order valence-corrected chi connectivity index (χ3v) is 3.58. The first-order chi connectivity index (χ1) is 11.2. The van der Waals surface area contributed by atoms with Gasteiger partial charge in [0.05, 0.1) is 5.56 Å². The summed E-state index contributed by atoms with van der Waals surface area (Å²) in [5.74, 6) is -2.26. The lowest BCUT2D eigenvalue weighted by molar-refractivity contribution is 0.486. The second kappa shape index (κ2) is 5.69. The third-order valence-electron chi connectivity index (χ3n) is 3.15. The molecule has 124 valence electrons. The fourth-order valence-corrected chi connectivity index (χ4v) is 2.51. The molecule has 0 amide bonds. The molecule has 0 unspecified atom stereocenters. The molecule has 2 aromatic carbocycles. The van der Waals surface area contributed by atoms with Gasteiger partial charge < -0.3 is 8.60 Å². The predicted octanol–water partition coefficient (Wildman–Crippen LogP) is 2.32. The van der Waals surface area contributed by atoms with Gasteiger partial charge in [-0.2, -0.15) is 13.6 Å². The minimum atomic E-state index is -4.21. The van der Waals surface area contributed by atoms with Crippen molar-refractivity contribution in [3.8, 4) is 16.9 Å². The van der Waals surface area contributed by atoms with Gasteiger partial charge in [-0.15, -0.1) is 0 Å². The van der Waals surface area contributed by atoms with E-state index in [0.717, 1.165) is 12.1 Å². The largest absolute Gasteiger partial charge is 0.422 e. The first kappa shape index (κ1) is 16.1. The van der Waals surface area contributed by atoms with Gasteiger partial charge in [-0.1, -0.05) is 6.07 Å². The average Bonchev–Trinajstić information content (AvgIpc) is 2.48. The summed E-state index contributed by atoms with van der Waals surface area (Å²) in [5.41, 5.74) is -0.579. The van der Waals surface area contributed by atoms with E-state index in [1.54, 1.807) is 0 Å². The first-order valence-electron chi connectivity index (χ1n) is 6.48. The van der Waals surface area contributed by atoms with Crippen molar-refractivity contribution < 1.29 is 25.8 Å². The summed E-state index contributed by atoms with van der Waals surface area (Å²) in [5, 5.41) is 5.19. The van der Waals surface area contributed by atoms with Crippen molar-refractivity contribution in [2.24, 2.45) is 5.14 Å². The Hall–Kier alpha value is -2.78. The number of rotatable bonds is 3. The molecule has 6 nitrogen and oxygen atoms in total. The highest BCUT2D eigenvalue weighted by atomic mass is 32.2. The summed E-state index contributed by atoms with van der Waals surface area (Å²) in [6, 6.07) is 8.35. The predicted molar refractivity (Wildman–Crippen MR) is 81.6 cm³/mol. The molecule has 1 heterocycles. The standard InChI is InChI=1S/C15H9F2NO5S/c16-12-4-2-8(6-13(12)17)11-5-9-1-3-10(23-24(18,20)21)7-14(9)22-15(11)19/h1-7H,(H2,18,20,21). The quantitative estimate of drug-likeness (QED) is 0.729. The van der Waals surface area contributed by atoms with Crippen LogP contribution in [-0.2, 0) is 10.3 Å². The Bertz CT molecular complexity index is 1110. The molecule has 0 aliphatic carbocycles. The van der Waals surface area contributed by atoms with Crippen LogP contribution in [0.4, 0.5) is 8.78 Å². The van der Waals surface area contributed by atoms with Gasteiger partial charge in [-0.25, -0.2) is 13.6 Å². The molecule has 9 heteroatoms. The van der Waals surface area contributed by atoms with E-state index in [1.165, 1.54) is 30.3 Å². The molecule has 0 radical (unpaired) electrons. The molecule has 0 spiro atoms. The van der Waals surface area contributed by atoms with Crippen molar-refractivity contribution >= 4 is 21.3 Å². The van der Waals surface area contributed by atoms with Crippen LogP contribution in [0.15, 0.2) is 51.7 Å². The van der Waals surface area contributed by atoms with Crippen LogP contribution in [0.25, 0.3) is 22.1 Å². The van der Waals surface area contributed by atoms with Crippen LogP contribution < -0.4 is 14.9 Å². The van der Waals surface area contributed by atoms with E-state index in [2.05, 4.69) is 4.18 Å². The molecule has 0 bridgehead atoms. The summed E-state index contributed by atoms with van der Waals surface area (Å²) in [7, 11) is -4.21. The first-order valence-corrected chi connectivity index (χ1v) is 7.95. The van der Waals surface area contributed by atoms with E-state index in [4.69, 9.17) is 9.56 Å². The summed E-state index contributed by atoms with van der Waals surface area (Å²) >= 11 is 0. The molecular formula is C15H9F2NO5S. The van der Waals surface area contributed by atoms with Crippen LogP contribution in [0.5, 0.6) is 5.75 Å². The number of halogens is 2. The van der Waals surface area contributed by atoms with Crippen LogP contribution in [0.3, 0.4) is 0 Å². The van der Waals surface area contributed by atoms with E-state index in [1.807, 2.05) is 0 Å². The topological polar surface area (TPSA) is 99.6 Å². The van der Waals surface area contributed by atoms with Crippen molar-refractivity contribution in [1.82, 2.24) is 0 Å². The lowest BCUT2D eigenvalue weighted by Crippen LogP contribution is -2.18. The van der Waals surface area contributed by atoms with Crippen LogP contribution in [-0.4, -0.2) is 8.42 Å². The highest BCUT2D eigenvalue weighted by Gasteiger charge is 2.12. The molecular weight excluding hydrogens is 344 g/mol. The fourth-order valence-electron chi connectivity index (χ4n) is 2.14. The van der Waals surface area contributed by atoms with Crippen molar-refractivity contribution in [2.45, 2.75) is 0 Å². The van der Waals surface area contributed by atoms with Crippen molar-refractivity contribution in [1.29, 1.82) is 0 Å². The lowest BCUT2D eigenvalue weighted by Gasteiger charge is -2.05. The molecule has 2 N–H and O–H groups in total. The van der Waals surface area contributed by atoms with E-state index in [9.17, 15) is 22.0 Å². The number of benzene rings is 2. The van der Waals surface area contributed by atoms with Crippen molar-refractivity contribution in [3.63, 3.8) is 0 Å². The van der Waals surface area contributed by atoms with Crippen LogP contribution in [0.2, 0.25) is 0 Å². The normalized spacial score (nSPS) is 11.6. The Labute approximate surface area is 134 Å². The Morgan fingerprint density at radius 1 is 1.00 bits per heavy atom. The monoisotopic (exact) mass is 353 g/mol. The minimum absolute atomic E-state index is 0.0292. The van der Waals surface area contributed by atoms with E-state index in [-0.39, 0.29) is 22.5 Å². The Morgan fingerprint density at radius 3 is 2.42 bits per heavy atom. The fraction of sp³-hybridized carbons (Fsp3) is 0. The second-order valence-electron chi connectivity index (χ2n) is 4.85. The average molecular weight is 353 g/mol. The van der Waals surface area contributed by atoms with E-state index in [0.29, 0.717) is 5.39 Å². The lowest BCUT2D eigenvalue weighted by atomic mass is 10.1. The maximum atomic E-state index is 13.3. The molecule has 3 rings (SSSR count). The number of nitrogens with two attached hydrogens (primary N) is 1. The van der Waals surface area contributed by atoms with Gasteiger partial charge >= 0.3 is 15.9 Å². The smallest absolute Gasteiger partial charge is 0.380 e.